The summed E-state index contributed by atoms with van der Waals surface area (Å²) >= 11 is 0. The molecule has 24 heavy (non-hydrogen) atoms. The fraction of sp³-hybridized carbons (Fsp3) is 0.588. The Morgan fingerprint density at radius 1 is 1.00 bits per heavy atom. The lowest BCUT2D eigenvalue weighted by molar-refractivity contribution is 0.346. The van der Waals surface area contributed by atoms with E-state index in [0.717, 1.165) is 30.8 Å². The Morgan fingerprint density at radius 3 is 2.04 bits per heavy atom. The first kappa shape index (κ1) is 18.7. The molecule has 0 spiro atoms. The van der Waals surface area contributed by atoms with E-state index in [4.69, 9.17) is 0 Å². The molecule has 7 heteroatoms. The Balaban J connectivity index is 2.11. The number of piperidine rings is 1. The van der Waals surface area contributed by atoms with Crippen molar-refractivity contribution < 1.29 is 8.42 Å². The van der Waals surface area contributed by atoms with Gasteiger partial charge in [-0.05, 0) is 30.5 Å². The lowest BCUT2D eigenvalue weighted by atomic mass is 10.2. The monoisotopic (exact) mass is 352 g/mol. The highest BCUT2D eigenvalue weighted by atomic mass is 32.2. The molecule has 6 nitrogen and oxygen atoms in total. The van der Waals surface area contributed by atoms with Gasteiger partial charge in [-0.15, -0.1) is 0 Å². The van der Waals surface area contributed by atoms with E-state index in [1.54, 1.807) is 16.4 Å². The third-order valence-corrected chi connectivity index (χ3v) is 5.99. The SMILES string of the molecule is CN(C)C(=NCc1ccc(S(=O)(=O)N2CCCCC2)cc1)N(C)C. The molecule has 1 aliphatic rings. The first-order chi connectivity index (χ1) is 11.3. The summed E-state index contributed by atoms with van der Waals surface area (Å²) in [6, 6.07) is 7.09. The van der Waals surface area contributed by atoms with Gasteiger partial charge in [-0.3, -0.25) is 0 Å². The summed E-state index contributed by atoms with van der Waals surface area (Å²) in [4.78, 5) is 8.86. The van der Waals surface area contributed by atoms with Gasteiger partial charge in [0, 0.05) is 41.3 Å². The van der Waals surface area contributed by atoms with E-state index in [1.807, 2.05) is 50.1 Å². The molecule has 2 rings (SSSR count). The van der Waals surface area contributed by atoms with Crippen molar-refractivity contribution in [1.29, 1.82) is 0 Å². The van der Waals surface area contributed by atoms with Crippen LogP contribution in [-0.4, -0.2) is 69.8 Å². The minimum absolute atomic E-state index is 0.373. The smallest absolute Gasteiger partial charge is 0.243 e. The molecular formula is C17H28N4O2S. The summed E-state index contributed by atoms with van der Waals surface area (Å²) in [6.07, 6.45) is 3.01. The normalized spacial score (nSPS) is 15.8. The fourth-order valence-electron chi connectivity index (χ4n) is 2.87. The first-order valence-electron chi connectivity index (χ1n) is 8.30. The van der Waals surface area contributed by atoms with Crippen LogP contribution in [0.4, 0.5) is 0 Å². The summed E-state index contributed by atoms with van der Waals surface area (Å²) in [5, 5.41) is 0. The molecule has 1 aromatic carbocycles. The number of benzene rings is 1. The molecule has 0 N–H and O–H groups in total. The van der Waals surface area contributed by atoms with Crippen molar-refractivity contribution in [2.24, 2.45) is 4.99 Å². The second-order valence-corrected chi connectivity index (χ2v) is 8.45. The van der Waals surface area contributed by atoms with E-state index in [9.17, 15) is 8.42 Å². The van der Waals surface area contributed by atoms with Gasteiger partial charge in [0.2, 0.25) is 10.0 Å². The Hall–Kier alpha value is -1.60. The molecule has 0 aromatic heterocycles. The molecule has 0 amide bonds. The summed E-state index contributed by atoms with van der Waals surface area (Å²) in [7, 11) is 4.45. The van der Waals surface area contributed by atoms with Crippen LogP contribution in [0.15, 0.2) is 34.2 Å². The lowest BCUT2D eigenvalue weighted by Gasteiger charge is -2.25. The predicted octanol–water partition coefficient (Wildman–Crippen LogP) is 1.84. The van der Waals surface area contributed by atoms with Crippen LogP contribution in [0.3, 0.4) is 0 Å². The van der Waals surface area contributed by atoms with Crippen LogP contribution in [0.1, 0.15) is 24.8 Å². The molecule has 0 bridgehead atoms. The quantitative estimate of drug-likeness (QED) is 0.613. The Kier molecular flexibility index (Phi) is 6.23. The maximum absolute atomic E-state index is 12.6. The van der Waals surface area contributed by atoms with Crippen LogP contribution < -0.4 is 0 Å². The van der Waals surface area contributed by atoms with Crippen molar-refractivity contribution >= 4 is 16.0 Å². The van der Waals surface area contributed by atoms with Gasteiger partial charge in [0.1, 0.15) is 0 Å². The highest BCUT2D eigenvalue weighted by Gasteiger charge is 2.25. The summed E-state index contributed by atoms with van der Waals surface area (Å²) in [5.41, 5.74) is 0.994. The fourth-order valence-corrected chi connectivity index (χ4v) is 4.38. The van der Waals surface area contributed by atoms with Crippen molar-refractivity contribution in [2.45, 2.75) is 30.7 Å². The molecule has 0 atom stereocenters. The molecule has 0 aliphatic carbocycles. The maximum atomic E-state index is 12.6. The standard InChI is InChI=1S/C17H28N4O2S/c1-19(2)17(20(3)4)18-14-15-8-10-16(11-9-15)24(22,23)21-12-6-5-7-13-21/h8-11H,5-7,12-14H2,1-4H3. The highest BCUT2D eigenvalue weighted by molar-refractivity contribution is 7.89. The van der Waals surface area contributed by atoms with Crippen LogP contribution >= 0.6 is 0 Å². The third kappa shape index (κ3) is 4.48. The average Bonchev–Trinajstić information content (AvgIpc) is 2.55. The molecule has 1 fully saturated rings. The van der Waals surface area contributed by atoms with E-state index in [0.29, 0.717) is 24.5 Å². The first-order valence-corrected chi connectivity index (χ1v) is 9.74. The zero-order valence-corrected chi connectivity index (χ0v) is 15.9. The Morgan fingerprint density at radius 2 is 1.54 bits per heavy atom. The van der Waals surface area contributed by atoms with Gasteiger partial charge in [0.15, 0.2) is 5.96 Å². The number of aliphatic imine (C=N–C) groups is 1. The zero-order valence-electron chi connectivity index (χ0n) is 15.1. The van der Waals surface area contributed by atoms with E-state index < -0.39 is 10.0 Å². The number of hydrogen-bond donors (Lipinski definition) is 0. The van der Waals surface area contributed by atoms with Crippen molar-refractivity contribution in [3.63, 3.8) is 0 Å². The van der Waals surface area contributed by atoms with Crippen molar-refractivity contribution in [3.05, 3.63) is 29.8 Å². The van der Waals surface area contributed by atoms with Crippen LogP contribution in [0.5, 0.6) is 0 Å². The van der Waals surface area contributed by atoms with Gasteiger partial charge < -0.3 is 9.80 Å². The molecule has 1 aromatic rings. The summed E-state index contributed by atoms with van der Waals surface area (Å²) in [5.74, 6) is 0.875. The largest absolute Gasteiger partial charge is 0.349 e. The highest BCUT2D eigenvalue weighted by Crippen LogP contribution is 2.21. The van der Waals surface area contributed by atoms with Crippen LogP contribution in [0.2, 0.25) is 0 Å². The Bertz CT molecular complexity index is 650. The molecule has 1 heterocycles. The van der Waals surface area contributed by atoms with Crippen LogP contribution in [0, 0.1) is 0 Å². The van der Waals surface area contributed by atoms with Gasteiger partial charge >= 0.3 is 0 Å². The van der Waals surface area contributed by atoms with Crippen LogP contribution in [0.25, 0.3) is 0 Å². The molecule has 0 saturated carbocycles. The molecule has 1 saturated heterocycles. The maximum Gasteiger partial charge on any atom is 0.243 e. The second-order valence-electron chi connectivity index (χ2n) is 6.51. The lowest BCUT2D eigenvalue weighted by Crippen LogP contribution is -2.35. The van der Waals surface area contributed by atoms with Crippen molar-refractivity contribution in [2.75, 3.05) is 41.3 Å². The number of hydrogen-bond acceptors (Lipinski definition) is 3. The number of sulfonamides is 1. The second kappa shape index (κ2) is 7.98. The molecule has 134 valence electrons. The number of rotatable bonds is 4. The minimum Gasteiger partial charge on any atom is -0.349 e. The van der Waals surface area contributed by atoms with E-state index in [1.165, 1.54) is 0 Å². The molecular weight excluding hydrogens is 324 g/mol. The Labute approximate surface area is 145 Å². The molecule has 0 radical (unpaired) electrons. The van der Waals surface area contributed by atoms with Gasteiger partial charge in [-0.2, -0.15) is 4.31 Å². The summed E-state index contributed by atoms with van der Waals surface area (Å²) in [6.45, 7) is 1.78. The topological polar surface area (TPSA) is 56.2 Å². The van der Waals surface area contributed by atoms with E-state index in [-0.39, 0.29) is 0 Å². The van der Waals surface area contributed by atoms with Gasteiger partial charge in [0.25, 0.3) is 0 Å². The number of nitrogens with zero attached hydrogens (tertiary/aromatic N) is 4. The van der Waals surface area contributed by atoms with E-state index in [2.05, 4.69) is 4.99 Å². The van der Waals surface area contributed by atoms with Gasteiger partial charge in [-0.25, -0.2) is 13.4 Å². The molecule has 0 unspecified atom stereocenters. The number of guanidine groups is 1. The van der Waals surface area contributed by atoms with Crippen molar-refractivity contribution in [3.8, 4) is 0 Å². The summed E-state index contributed by atoms with van der Waals surface area (Å²) < 4.78 is 26.9. The average molecular weight is 353 g/mol. The molecule has 1 aliphatic heterocycles. The minimum atomic E-state index is -3.36. The van der Waals surface area contributed by atoms with Crippen LogP contribution in [-0.2, 0) is 16.6 Å². The third-order valence-electron chi connectivity index (χ3n) is 4.08. The zero-order chi connectivity index (χ0) is 17.7. The van der Waals surface area contributed by atoms with Gasteiger partial charge in [-0.1, -0.05) is 18.6 Å². The predicted molar refractivity (Wildman–Crippen MR) is 97.6 cm³/mol. The van der Waals surface area contributed by atoms with Crippen molar-refractivity contribution in [1.82, 2.24) is 14.1 Å². The van der Waals surface area contributed by atoms with Gasteiger partial charge in [0.05, 0.1) is 11.4 Å². The van der Waals surface area contributed by atoms with E-state index >= 15 is 0 Å².